The fraction of sp³-hybridized carbons (Fsp3) is 0.562. The van der Waals surface area contributed by atoms with Crippen LogP contribution >= 0.6 is 24.0 Å². The van der Waals surface area contributed by atoms with Crippen molar-refractivity contribution in [3.63, 3.8) is 0 Å². The van der Waals surface area contributed by atoms with Gasteiger partial charge in [0.05, 0.1) is 10.6 Å². The minimum Gasteiger partial charge on any atom is -0.490 e. The zero-order valence-corrected chi connectivity index (χ0v) is 13.9. The third kappa shape index (κ3) is 3.86. The molecule has 0 radical (unpaired) electrons. The second-order valence-corrected chi connectivity index (χ2v) is 6.29. The number of halogens is 2. The molecular formula is C16H21Cl2NO3. The maximum Gasteiger partial charge on any atom is 0.337 e. The van der Waals surface area contributed by atoms with Crippen molar-refractivity contribution in [1.82, 2.24) is 4.90 Å². The number of piperidine rings is 1. The Hall–Kier alpha value is -0.970. The van der Waals surface area contributed by atoms with Crippen molar-refractivity contribution in [2.75, 3.05) is 13.1 Å². The van der Waals surface area contributed by atoms with Gasteiger partial charge in [-0.3, -0.25) is 0 Å². The summed E-state index contributed by atoms with van der Waals surface area (Å²) < 4.78 is 5.95. The predicted molar refractivity (Wildman–Crippen MR) is 88.5 cm³/mol. The van der Waals surface area contributed by atoms with E-state index in [4.69, 9.17) is 21.4 Å². The monoisotopic (exact) mass is 345 g/mol. The van der Waals surface area contributed by atoms with Crippen molar-refractivity contribution in [2.24, 2.45) is 0 Å². The van der Waals surface area contributed by atoms with Crippen LogP contribution in [0.3, 0.4) is 0 Å². The van der Waals surface area contributed by atoms with Gasteiger partial charge in [-0.2, -0.15) is 0 Å². The molecule has 0 bridgehead atoms. The van der Waals surface area contributed by atoms with E-state index in [0.717, 1.165) is 32.0 Å². The molecule has 6 heteroatoms. The number of likely N-dealkylation sites (tertiary alicyclic amines) is 1. The predicted octanol–water partition coefficient (Wildman–Crippen LogP) is 3.86. The van der Waals surface area contributed by atoms with Gasteiger partial charge < -0.3 is 14.7 Å². The second-order valence-electron chi connectivity index (χ2n) is 5.88. The second kappa shape index (κ2) is 7.53. The van der Waals surface area contributed by atoms with E-state index < -0.39 is 5.97 Å². The van der Waals surface area contributed by atoms with Crippen molar-refractivity contribution < 1.29 is 14.6 Å². The summed E-state index contributed by atoms with van der Waals surface area (Å²) in [5.41, 5.74) is 0.115. The molecule has 1 saturated carbocycles. The first-order valence-electron chi connectivity index (χ1n) is 7.57. The van der Waals surface area contributed by atoms with Gasteiger partial charge in [-0.05, 0) is 43.9 Å². The first-order chi connectivity index (χ1) is 10.1. The number of carboxylic acid groups (broad SMARTS) is 1. The van der Waals surface area contributed by atoms with E-state index in [1.54, 1.807) is 12.1 Å². The number of aromatic carboxylic acids is 1. The van der Waals surface area contributed by atoms with Gasteiger partial charge in [-0.25, -0.2) is 4.79 Å². The van der Waals surface area contributed by atoms with Crippen LogP contribution in [0.2, 0.25) is 5.02 Å². The lowest BCUT2D eigenvalue weighted by molar-refractivity contribution is 0.0493. The van der Waals surface area contributed by atoms with E-state index in [9.17, 15) is 4.79 Å². The van der Waals surface area contributed by atoms with Crippen LogP contribution in [0.4, 0.5) is 0 Å². The molecular weight excluding hydrogens is 325 g/mol. The van der Waals surface area contributed by atoms with Crippen molar-refractivity contribution >= 4 is 30.0 Å². The largest absolute Gasteiger partial charge is 0.490 e. The van der Waals surface area contributed by atoms with Gasteiger partial charge >= 0.3 is 5.97 Å². The molecule has 0 atom stereocenters. The lowest BCUT2D eigenvalue weighted by atomic mass is 9.90. The Morgan fingerprint density at radius 1 is 1.23 bits per heavy atom. The molecule has 1 saturated heterocycles. The molecule has 4 nitrogen and oxygen atoms in total. The zero-order valence-electron chi connectivity index (χ0n) is 12.3. The van der Waals surface area contributed by atoms with Gasteiger partial charge in [-0.15, -0.1) is 12.4 Å². The molecule has 122 valence electrons. The number of carbonyl (C=O) groups is 1. The first kappa shape index (κ1) is 17.4. The summed E-state index contributed by atoms with van der Waals surface area (Å²) in [5.74, 6) is -0.354. The summed E-state index contributed by atoms with van der Waals surface area (Å²) in [6.45, 7) is 2.19. The molecule has 3 rings (SSSR count). The standard InChI is InChI=1S/C16H20ClNO3.ClH/c17-15-10-13(4-5-14(15)16(19)20)21-12-6-8-18(9-7-12)11-2-1-3-11;/h4-5,10-12H,1-3,6-9H2,(H,19,20);1H. The Balaban J connectivity index is 0.00000176. The van der Waals surface area contributed by atoms with Crippen LogP contribution in [-0.4, -0.2) is 41.2 Å². The number of benzene rings is 1. The fourth-order valence-corrected chi connectivity index (χ4v) is 3.30. The molecule has 1 aromatic carbocycles. The summed E-state index contributed by atoms with van der Waals surface area (Å²) in [7, 11) is 0. The van der Waals surface area contributed by atoms with E-state index in [-0.39, 0.29) is 29.1 Å². The summed E-state index contributed by atoms with van der Waals surface area (Å²) >= 11 is 5.96. The minimum atomic E-state index is -1.01. The molecule has 1 N–H and O–H groups in total. The highest BCUT2D eigenvalue weighted by molar-refractivity contribution is 6.33. The van der Waals surface area contributed by atoms with Gasteiger partial charge in [-0.1, -0.05) is 18.0 Å². The first-order valence-corrected chi connectivity index (χ1v) is 7.95. The number of nitrogens with zero attached hydrogens (tertiary/aromatic N) is 1. The normalized spacial score (nSPS) is 20.0. The van der Waals surface area contributed by atoms with Crippen LogP contribution in [0, 0.1) is 0 Å². The van der Waals surface area contributed by atoms with Gasteiger partial charge in [0, 0.05) is 19.1 Å². The van der Waals surface area contributed by atoms with Crippen LogP contribution < -0.4 is 4.74 Å². The van der Waals surface area contributed by atoms with Crippen LogP contribution in [0.15, 0.2) is 18.2 Å². The third-order valence-electron chi connectivity index (χ3n) is 4.54. The molecule has 0 amide bonds. The quantitative estimate of drug-likeness (QED) is 0.900. The summed E-state index contributed by atoms with van der Waals surface area (Å²) in [6, 6.07) is 5.59. The van der Waals surface area contributed by atoms with Gasteiger partial charge in [0.15, 0.2) is 0 Å². The highest BCUT2D eigenvalue weighted by Crippen LogP contribution is 2.29. The van der Waals surface area contributed by atoms with E-state index in [2.05, 4.69) is 4.90 Å². The summed E-state index contributed by atoms with van der Waals surface area (Å²) in [4.78, 5) is 13.5. The van der Waals surface area contributed by atoms with E-state index in [1.165, 1.54) is 25.3 Å². The topological polar surface area (TPSA) is 49.8 Å². The van der Waals surface area contributed by atoms with Gasteiger partial charge in [0.1, 0.15) is 11.9 Å². The van der Waals surface area contributed by atoms with Crippen molar-refractivity contribution in [1.29, 1.82) is 0 Å². The Labute approximate surface area is 141 Å². The molecule has 22 heavy (non-hydrogen) atoms. The Morgan fingerprint density at radius 2 is 1.91 bits per heavy atom. The maximum absolute atomic E-state index is 10.9. The van der Waals surface area contributed by atoms with Crippen LogP contribution in [-0.2, 0) is 0 Å². The van der Waals surface area contributed by atoms with Crippen LogP contribution in [0.25, 0.3) is 0 Å². The van der Waals surface area contributed by atoms with Gasteiger partial charge in [0.25, 0.3) is 0 Å². The summed E-state index contributed by atoms with van der Waals surface area (Å²) in [5, 5.41) is 9.19. The number of rotatable bonds is 4. The molecule has 1 aliphatic heterocycles. The Bertz CT molecular complexity index is 526. The molecule has 2 aliphatic rings. The average molecular weight is 346 g/mol. The maximum atomic E-state index is 10.9. The zero-order chi connectivity index (χ0) is 14.8. The van der Waals surface area contributed by atoms with E-state index in [1.807, 2.05) is 0 Å². The van der Waals surface area contributed by atoms with Gasteiger partial charge in [0.2, 0.25) is 0 Å². The smallest absolute Gasteiger partial charge is 0.337 e. The summed E-state index contributed by atoms with van der Waals surface area (Å²) in [6.07, 6.45) is 6.31. The SMILES string of the molecule is Cl.O=C(O)c1ccc(OC2CCN(C3CCC3)CC2)cc1Cl. The van der Waals surface area contributed by atoms with Crippen LogP contribution in [0.5, 0.6) is 5.75 Å². The molecule has 1 aromatic rings. The van der Waals surface area contributed by atoms with Crippen molar-refractivity contribution in [3.8, 4) is 5.75 Å². The molecule has 0 spiro atoms. The molecule has 0 aromatic heterocycles. The Kier molecular flexibility index (Phi) is 5.95. The number of carboxylic acids is 1. The van der Waals surface area contributed by atoms with Crippen molar-refractivity contribution in [2.45, 2.75) is 44.2 Å². The van der Waals surface area contributed by atoms with E-state index >= 15 is 0 Å². The highest BCUT2D eigenvalue weighted by Gasteiger charge is 2.29. The third-order valence-corrected chi connectivity index (χ3v) is 4.85. The molecule has 0 unspecified atom stereocenters. The minimum absolute atomic E-state index is 0. The lowest BCUT2D eigenvalue weighted by Crippen LogP contribution is -2.46. The van der Waals surface area contributed by atoms with Crippen LogP contribution in [0.1, 0.15) is 42.5 Å². The fourth-order valence-electron chi connectivity index (χ4n) is 3.05. The number of hydrogen-bond donors (Lipinski definition) is 1. The van der Waals surface area contributed by atoms with Crippen molar-refractivity contribution in [3.05, 3.63) is 28.8 Å². The average Bonchev–Trinajstić information content (AvgIpc) is 2.38. The van der Waals surface area contributed by atoms with E-state index in [0.29, 0.717) is 5.75 Å². The number of ether oxygens (including phenoxy) is 1. The number of hydrogen-bond acceptors (Lipinski definition) is 3. The lowest BCUT2D eigenvalue weighted by Gasteiger charge is -2.41. The molecule has 1 aliphatic carbocycles. The molecule has 1 heterocycles. The Morgan fingerprint density at radius 3 is 2.41 bits per heavy atom. The highest BCUT2D eigenvalue weighted by atomic mass is 35.5. The molecule has 2 fully saturated rings.